The molecule has 0 aliphatic heterocycles. The molecular weight excluding hydrogens is 204 g/mol. The zero-order valence-electron chi connectivity index (χ0n) is 9.82. The fraction of sp³-hybridized carbons (Fsp3) is 0.231. The maximum absolute atomic E-state index is 5.26. The zero-order chi connectivity index (χ0) is 12.0. The fourth-order valence-corrected chi connectivity index (χ4v) is 1.35. The molecule has 0 heterocycles. The number of allylic oxidation sites excluding steroid dienone is 2. The molecular formula is C13H16O3. The number of ether oxygens (including phenoxy) is 3. The second-order valence-corrected chi connectivity index (χ2v) is 3.04. The average molecular weight is 220 g/mol. The molecule has 1 aromatic carbocycles. The maximum atomic E-state index is 5.26. The van der Waals surface area contributed by atoms with E-state index in [-0.39, 0.29) is 0 Å². The molecule has 86 valence electrons. The van der Waals surface area contributed by atoms with Gasteiger partial charge in [-0.3, -0.25) is 0 Å². The largest absolute Gasteiger partial charge is 0.496 e. The summed E-state index contributed by atoms with van der Waals surface area (Å²) in [5.74, 6) is 2.05. The lowest BCUT2D eigenvalue weighted by Gasteiger charge is -2.11. The smallest absolute Gasteiger partial charge is 0.164 e. The van der Waals surface area contributed by atoms with E-state index in [0.717, 1.165) is 11.3 Å². The summed E-state index contributed by atoms with van der Waals surface area (Å²) in [6.45, 7) is 3.62. The van der Waals surface area contributed by atoms with E-state index in [9.17, 15) is 0 Å². The number of hydrogen-bond acceptors (Lipinski definition) is 3. The monoisotopic (exact) mass is 220 g/mol. The lowest BCUT2D eigenvalue weighted by atomic mass is 10.1. The minimum Gasteiger partial charge on any atom is -0.496 e. The van der Waals surface area contributed by atoms with Crippen molar-refractivity contribution in [2.45, 2.75) is 0 Å². The zero-order valence-corrected chi connectivity index (χ0v) is 9.82. The molecule has 0 bridgehead atoms. The van der Waals surface area contributed by atoms with Crippen molar-refractivity contribution in [3.05, 3.63) is 36.4 Å². The third-order valence-corrected chi connectivity index (χ3v) is 2.15. The number of benzene rings is 1. The molecule has 16 heavy (non-hydrogen) atoms. The Kier molecular flexibility index (Phi) is 4.45. The van der Waals surface area contributed by atoms with E-state index in [1.54, 1.807) is 33.5 Å². The van der Waals surface area contributed by atoms with Crippen LogP contribution in [0, 0.1) is 0 Å². The van der Waals surface area contributed by atoms with Crippen LogP contribution in [0.15, 0.2) is 30.9 Å². The Hall–Kier alpha value is -1.90. The van der Waals surface area contributed by atoms with Crippen molar-refractivity contribution in [3.8, 4) is 17.2 Å². The minimum atomic E-state index is 0.648. The summed E-state index contributed by atoms with van der Waals surface area (Å²) >= 11 is 0. The van der Waals surface area contributed by atoms with E-state index in [1.165, 1.54) is 0 Å². The van der Waals surface area contributed by atoms with Crippen LogP contribution in [0.1, 0.15) is 5.56 Å². The third-order valence-electron chi connectivity index (χ3n) is 2.15. The number of methoxy groups -OCH3 is 3. The molecule has 1 rings (SSSR count). The van der Waals surface area contributed by atoms with Gasteiger partial charge in [-0.1, -0.05) is 24.8 Å². The van der Waals surface area contributed by atoms with Crippen molar-refractivity contribution in [1.29, 1.82) is 0 Å². The molecule has 0 aromatic heterocycles. The summed E-state index contributed by atoms with van der Waals surface area (Å²) in [7, 11) is 4.81. The van der Waals surface area contributed by atoms with Crippen molar-refractivity contribution >= 4 is 6.08 Å². The van der Waals surface area contributed by atoms with Gasteiger partial charge in [0.25, 0.3) is 0 Å². The third kappa shape index (κ3) is 2.57. The summed E-state index contributed by atoms with van der Waals surface area (Å²) in [6, 6.07) is 3.65. The summed E-state index contributed by atoms with van der Waals surface area (Å²) in [5.41, 5.74) is 0.917. The predicted octanol–water partition coefficient (Wildman–Crippen LogP) is 2.91. The fourth-order valence-electron chi connectivity index (χ4n) is 1.35. The first-order valence-electron chi connectivity index (χ1n) is 4.86. The molecule has 3 nitrogen and oxygen atoms in total. The van der Waals surface area contributed by atoms with Gasteiger partial charge in [0.15, 0.2) is 11.5 Å². The SMILES string of the molecule is C=C/C=C\c1cc(OC)c(OC)cc1OC. The predicted molar refractivity (Wildman–Crippen MR) is 65.3 cm³/mol. The molecule has 0 amide bonds. The molecule has 1 aromatic rings. The van der Waals surface area contributed by atoms with Crippen LogP contribution in [0.4, 0.5) is 0 Å². The second-order valence-electron chi connectivity index (χ2n) is 3.04. The van der Waals surface area contributed by atoms with Crippen molar-refractivity contribution < 1.29 is 14.2 Å². The Bertz CT molecular complexity index is 394. The normalized spacial score (nSPS) is 10.2. The average Bonchev–Trinajstić information content (AvgIpc) is 2.35. The van der Waals surface area contributed by atoms with Crippen molar-refractivity contribution in [1.82, 2.24) is 0 Å². The molecule has 0 radical (unpaired) electrons. The second kappa shape index (κ2) is 5.85. The summed E-state index contributed by atoms with van der Waals surface area (Å²) in [6.07, 6.45) is 5.44. The van der Waals surface area contributed by atoms with Crippen LogP contribution in [0.25, 0.3) is 6.08 Å². The lowest BCUT2D eigenvalue weighted by molar-refractivity contribution is 0.348. The minimum absolute atomic E-state index is 0.648. The highest BCUT2D eigenvalue weighted by atomic mass is 16.5. The molecule has 0 unspecified atom stereocenters. The Morgan fingerprint density at radius 2 is 1.50 bits per heavy atom. The Morgan fingerprint density at radius 3 is 2.00 bits per heavy atom. The van der Waals surface area contributed by atoms with E-state index in [4.69, 9.17) is 14.2 Å². The van der Waals surface area contributed by atoms with Gasteiger partial charge >= 0.3 is 0 Å². The molecule has 0 spiro atoms. The van der Waals surface area contributed by atoms with Crippen LogP contribution in [0.2, 0.25) is 0 Å². The molecule has 0 aliphatic rings. The number of hydrogen-bond donors (Lipinski definition) is 0. The maximum Gasteiger partial charge on any atom is 0.164 e. The van der Waals surface area contributed by atoms with Gasteiger partial charge < -0.3 is 14.2 Å². The molecule has 0 fully saturated rings. The Balaban J connectivity index is 3.25. The summed E-state index contributed by atoms with van der Waals surface area (Å²) in [4.78, 5) is 0. The van der Waals surface area contributed by atoms with Gasteiger partial charge in [0.05, 0.1) is 21.3 Å². The van der Waals surface area contributed by atoms with Gasteiger partial charge in [0.1, 0.15) is 5.75 Å². The molecule has 0 N–H and O–H groups in total. The summed E-state index contributed by atoms with van der Waals surface area (Å²) in [5, 5.41) is 0. The van der Waals surface area contributed by atoms with Crippen molar-refractivity contribution in [3.63, 3.8) is 0 Å². The van der Waals surface area contributed by atoms with Gasteiger partial charge in [0, 0.05) is 11.6 Å². The number of rotatable bonds is 5. The first-order chi connectivity index (χ1) is 7.76. The van der Waals surface area contributed by atoms with Crippen LogP contribution in [-0.2, 0) is 0 Å². The van der Waals surface area contributed by atoms with Crippen LogP contribution in [-0.4, -0.2) is 21.3 Å². The molecule has 0 aliphatic carbocycles. The Labute approximate surface area is 95.9 Å². The molecule has 0 atom stereocenters. The van der Waals surface area contributed by atoms with E-state index in [1.807, 2.05) is 18.2 Å². The van der Waals surface area contributed by atoms with Crippen molar-refractivity contribution in [2.24, 2.45) is 0 Å². The molecule has 0 saturated heterocycles. The van der Waals surface area contributed by atoms with Gasteiger partial charge in [-0.05, 0) is 6.07 Å². The van der Waals surface area contributed by atoms with Gasteiger partial charge in [-0.15, -0.1) is 0 Å². The van der Waals surface area contributed by atoms with E-state index in [2.05, 4.69) is 6.58 Å². The van der Waals surface area contributed by atoms with Crippen LogP contribution in [0.5, 0.6) is 17.2 Å². The van der Waals surface area contributed by atoms with Crippen LogP contribution in [0.3, 0.4) is 0 Å². The topological polar surface area (TPSA) is 27.7 Å². The van der Waals surface area contributed by atoms with E-state index in [0.29, 0.717) is 11.5 Å². The van der Waals surface area contributed by atoms with E-state index < -0.39 is 0 Å². The van der Waals surface area contributed by atoms with Crippen LogP contribution >= 0.6 is 0 Å². The first kappa shape index (κ1) is 12.2. The highest BCUT2D eigenvalue weighted by molar-refractivity contribution is 5.64. The van der Waals surface area contributed by atoms with E-state index >= 15 is 0 Å². The van der Waals surface area contributed by atoms with Gasteiger partial charge in [0.2, 0.25) is 0 Å². The molecule has 0 saturated carbocycles. The van der Waals surface area contributed by atoms with Gasteiger partial charge in [-0.25, -0.2) is 0 Å². The standard InChI is InChI=1S/C13H16O3/c1-5-6-7-10-8-12(15-3)13(16-4)9-11(10)14-2/h5-9H,1H2,2-4H3/b7-6-. The Morgan fingerprint density at radius 1 is 0.938 bits per heavy atom. The van der Waals surface area contributed by atoms with Crippen molar-refractivity contribution in [2.75, 3.05) is 21.3 Å². The highest BCUT2D eigenvalue weighted by Crippen LogP contribution is 2.35. The highest BCUT2D eigenvalue weighted by Gasteiger charge is 2.09. The summed E-state index contributed by atoms with van der Waals surface area (Å²) < 4.78 is 15.7. The quantitative estimate of drug-likeness (QED) is 0.714. The van der Waals surface area contributed by atoms with Crippen LogP contribution < -0.4 is 14.2 Å². The lowest BCUT2D eigenvalue weighted by Crippen LogP contribution is -1.94. The first-order valence-corrected chi connectivity index (χ1v) is 4.86. The van der Waals surface area contributed by atoms with Gasteiger partial charge in [-0.2, -0.15) is 0 Å². The molecule has 3 heteroatoms.